The molecular weight excluding hydrogens is 388 g/mol. The Kier molecular flexibility index (Phi) is 6.47. The molecule has 0 saturated heterocycles. The number of benzene rings is 2. The van der Waals surface area contributed by atoms with Crippen LogP contribution in [0.3, 0.4) is 0 Å². The largest absolute Gasteiger partial charge is 0.494 e. The first-order valence-electron chi connectivity index (χ1n) is 9.96. The second-order valence-electron chi connectivity index (χ2n) is 7.33. The summed E-state index contributed by atoms with van der Waals surface area (Å²) in [5.41, 5.74) is 1.67. The average Bonchev–Trinajstić information content (AvgIpc) is 3.21. The fourth-order valence-electron chi connectivity index (χ4n) is 3.56. The summed E-state index contributed by atoms with van der Waals surface area (Å²) in [7, 11) is -2.30. The molecule has 0 aromatic heterocycles. The van der Waals surface area contributed by atoms with Gasteiger partial charge in [0, 0.05) is 18.7 Å². The van der Waals surface area contributed by atoms with E-state index in [1.54, 1.807) is 36.4 Å². The molecule has 1 aliphatic rings. The summed E-state index contributed by atoms with van der Waals surface area (Å²) in [5.74, 6) is 0.471. The van der Waals surface area contributed by atoms with Crippen LogP contribution in [0.25, 0.3) is 0 Å². The van der Waals surface area contributed by atoms with Gasteiger partial charge in [0.1, 0.15) is 5.75 Å². The second kappa shape index (κ2) is 8.86. The van der Waals surface area contributed by atoms with Crippen LogP contribution < -0.4 is 14.4 Å². The van der Waals surface area contributed by atoms with Crippen LogP contribution in [0.1, 0.15) is 48.5 Å². The van der Waals surface area contributed by atoms with Crippen LogP contribution in [0.5, 0.6) is 5.75 Å². The molecule has 156 valence electrons. The lowest BCUT2D eigenvalue weighted by Crippen LogP contribution is -2.33. The number of ether oxygens (including phenoxy) is 1. The minimum Gasteiger partial charge on any atom is -0.494 e. The fourth-order valence-corrected chi connectivity index (χ4v) is 4.78. The first-order chi connectivity index (χ1) is 13.8. The van der Waals surface area contributed by atoms with Crippen molar-refractivity contribution < 1.29 is 17.9 Å². The molecule has 6 nitrogen and oxygen atoms in total. The van der Waals surface area contributed by atoms with Crippen molar-refractivity contribution in [2.45, 2.75) is 50.5 Å². The number of hydrogen-bond acceptors (Lipinski definition) is 4. The number of nitrogens with one attached hydrogen (secondary N) is 1. The van der Waals surface area contributed by atoms with Gasteiger partial charge in [-0.3, -0.25) is 9.10 Å². The smallest absolute Gasteiger partial charge is 0.264 e. The van der Waals surface area contributed by atoms with Gasteiger partial charge in [-0.2, -0.15) is 0 Å². The van der Waals surface area contributed by atoms with E-state index in [0.717, 1.165) is 31.2 Å². The maximum atomic E-state index is 13.1. The average molecular weight is 417 g/mol. The van der Waals surface area contributed by atoms with Crippen molar-refractivity contribution in [2.75, 3.05) is 18.0 Å². The lowest BCUT2D eigenvalue weighted by molar-refractivity contribution is 0.0937. The van der Waals surface area contributed by atoms with Crippen LogP contribution in [0.4, 0.5) is 5.69 Å². The number of nitrogens with zero attached hydrogens (tertiary/aromatic N) is 1. The summed E-state index contributed by atoms with van der Waals surface area (Å²) in [4.78, 5) is 12.8. The van der Waals surface area contributed by atoms with Gasteiger partial charge in [0.2, 0.25) is 0 Å². The van der Waals surface area contributed by atoms with Crippen LogP contribution in [-0.2, 0) is 10.0 Å². The van der Waals surface area contributed by atoms with Crippen LogP contribution in [0.15, 0.2) is 47.4 Å². The topological polar surface area (TPSA) is 75.7 Å². The van der Waals surface area contributed by atoms with Crippen molar-refractivity contribution >= 4 is 21.6 Å². The second-order valence-corrected chi connectivity index (χ2v) is 9.30. The van der Waals surface area contributed by atoms with Crippen molar-refractivity contribution in [1.82, 2.24) is 5.32 Å². The standard InChI is InChI=1S/C22H28N2O4S/c1-4-28-19-12-10-18(11-13-19)24(3)29(26,27)20-14-9-16(2)21(15-20)22(25)23-17-7-5-6-8-17/h9-15,17H,4-8H2,1-3H3,(H,23,25). The highest BCUT2D eigenvalue weighted by Crippen LogP contribution is 2.26. The molecular formula is C22H28N2O4S. The van der Waals surface area contributed by atoms with Gasteiger partial charge in [0.15, 0.2) is 0 Å². The predicted molar refractivity (Wildman–Crippen MR) is 114 cm³/mol. The molecule has 0 bridgehead atoms. The molecule has 1 fully saturated rings. The van der Waals surface area contributed by atoms with Gasteiger partial charge >= 0.3 is 0 Å². The Morgan fingerprint density at radius 2 is 1.79 bits per heavy atom. The molecule has 1 saturated carbocycles. The summed E-state index contributed by atoms with van der Waals surface area (Å²) in [6.45, 7) is 4.25. The molecule has 1 aliphatic carbocycles. The fraction of sp³-hybridized carbons (Fsp3) is 0.409. The highest BCUT2D eigenvalue weighted by molar-refractivity contribution is 7.92. The molecule has 2 aromatic rings. The number of rotatable bonds is 7. The van der Waals surface area contributed by atoms with E-state index in [-0.39, 0.29) is 16.8 Å². The van der Waals surface area contributed by atoms with E-state index in [4.69, 9.17) is 4.74 Å². The number of aryl methyl sites for hydroxylation is 1. The maximum Gasteiger partial charge on any atom is 0.264 e. The minimum atomic E-state index is -3.80. The van der Waals surface area contributed by atoms with Crippen molar-refractivity contribution in [3.63, 3.8) is 0 Å². The normalized spacial score (nSPS) is 14.6. The van der Waals surface area contributed by atoms with Crippen molar-refractivity contribution in [3.05, 3.63) is 53.6 Å². The Balaban J connectivity index is 1.85. The zero-order chi connectivity index (χ0) is 21.0. The third kappa shape index (κ3) is 4.72. The lowest BCUT2D eigenvalue weighted by Gasteiger charge is -2.21. The summed E-state index contributed by atoms with van der Waals surface area (Å²) in [5, 5.41) is 3.03. The molecule has 1 N–H and O–H groups in total. The van der Waals surface area contributed by atoms with Crippen LogP contribution in [-0.4, -0.2) is 34.0 Å². The monoisotopic (exact) mass is 416 g/mol. The van der Waals surface area contributed by atoms with Crippen molar-refractivity contribution in [1.29, 1.82) is 0 Å². The number of sulfonamides is 1. The van der Waals surface area contributed by atoms with Gasteiger partial charge < -0.3 is 10.1 Å². The molecule has 0 unspecified atom stereocenters. The van der Waals surface area contributed by atoms with Crippen LogP contribution in [0.2, 0.25) is 0 Å². The van der Waals surface area contributed by atoms with Gasteiger partial charge in [-0.05, 0) is 68.7 Å². The van der Waals surface area contributed by atoms with Crippen molar-refractivity contribution in [2.24, 2.45) is 0 Å². The first kappa shape index (κ1) is 21.2. The third-order valence-corrected chi connectivity index (χ3v) is 7.10. The summed E-state index contributed by atoms with van der Waals surface area (Å²) in [6, 6.07) is 11.7. The molecule has 0 radical (unpaired) electrons. The Morgan fingerprint density at radius 1 is 1.14 bits per heavy atom. The van der Waals surface area contributed by atoms with Crippen LogP contribution in [0, 0.1) is 6.92 Å². The molecule has 0 aliphatic heterocycles. The first-order valence-corrected chi connectivity index (χ1v) is 11.4. The number of carbonyl (C=O) groups excluding carboxylic acids is 1. The number of amides is 1. The maximum absolute atomic E-state index is 13.1. The quantitative estimate of drug-likeness (QED) is 0.743. The SMILES string of the molecule is CCOc1ccc(N(C)S(=O)(=O)c2ccc(C)c(C(=O)NC3CCCC3)c2)cc1. The van der Waals surface area contributed by atoms with Crippen molar-refractivity contribution in [3.8, 4) is 5.75 Å². The molecule has 0 atom stereocenters. The van der Waals surface area contributed by atoms with E-state index >= 15 is 0 Å². The van der Waals surface area contributed by atoms with Gasteiger partial charge in [-0.1, -0.05) is 18.9 Å². The molecule has 1 amide bonds. The Hall–Kier alpha value is -2.54. The van der Waals surface area contributed by atoms with Gasteiger partial charge in [0.25, 0.3) is 15.9 Å². The number of hydrogen-bond donors (Lipinski definition) is 1. The highest BCUT2D eigenvalue weighted by Gasteiger charge is 2.24. The summed E-state index contributed by atoms with van der Waals surface area (Å²) in [6.07, 6.45) is 4.18. The molecule has 2 aromatic carbocycles. The lowest BCUT2D eigenvalue weighted by atomic mass is 10.1. The van der Waals surface area contributed by atoms with Gasteiger partial charge in [0.05, 0.1) is 17.2 Å². The Morgan fingerprint density at radius 3 is 2.41 bits per heavy atom. The van der Waals surface area contributed by atoms with E-state index in [1.807, 2.05) is 13.8 Å². The van der Waals surface area contributed by atoms with Crippen LogP contribution >= 0.6 is 0 Å². The third-order valence-electron chi connectivity index (χ3n) is 5.31. The highest BCUT2D eigenvalue weighted by atomic mass is 32.2. The number of carbonyl (C=O) groups is 1. The Labute approximate surface area is 172 Å². The summed E-state index contributed by atoms with van der Waals surface area (Å²) < 4.78 is 32.9. The van der Waals surface area contributed by atoms with E-state index in [0.29, 0.717) is 23.6 Å². The molecule has 7 heteroatoms. The molecule has 3 rings (SSSR count). The predicted octanol–water partition coefficient (Wildman–Crippen LogP) is 3.89. The van der Waals surface area contributed by atoms with E-state index < -0.39 is 10.0 Å². The zero-order valence-corrected chi connectivity index (χ0v) is 18.0. The van der Waals surface area contributed by atoms with Gasteiger partial charge in [-0.25, -0.2) is 8.42 Å². The number of anilines is 1. The zero-order valence-electron chi connectivity index (χ0n) is 17.1. The molecule has 0 spiro atoms. The Bertz CT molecular complexity index is 965. The van der Waals surface area contributed by atoms with E-state index in [9.17, 15) is 13.2 Å². The molecule has 29 heavy (non-hydrogen) atoms. The minimum absolute atomic E-state index is 0.0936. The van der Waals surface area contributed by atoms with Gasteiger partial charge in [-0.15, -0.1) is 0 Å². The molecule has 0 heterocycles. The van der Waals surface area contributed by atoms with E-state index in [2.05, 4.69) is 5.32 Å². The summed E-state index contributed by atoms with van der Waals surface area (Å²) >= 11 is 0. The van der Waals surface area contributed by atoms with E-state index in [1.165, 1.54) is 17.4 Å².